The van der Waals surface area contributed by atoms with E-state index >= 15 is 0 Å². The first-order valence-corrected chi connectivity index (χ1v) is 7.21. The molecular weight excluding hydrogens is 286 g/mol. The summed E-state index contributed by atoms with van der Waals surface area (Å²) in [5.74, 6) is 1.82. The molecule has 1 aromatic rings. The summed E-state index contributed by atoms with van der Waals surface area (Å²) in [6, 6.07) is 9.56. The van der Waals surface area contributed by atoms with E-state index in [-0.39, 0.29) is 0 Å². The van der Waals surface area contributed by atoms with Gasteiger partial charge in [-0.1, -0.05) is 43.0 Å². The Morgan fingerprint density at radius 2 is 1.96 bits per heavy atom. The van der Waals surface area contributed by atoms with Crippen LogP contribution in [0.2, 0.25) is 0 Å². The maximum Gasteiger partial charge on any atom is 0.128 e. The molecule has 23 heavy (non-hydrogen) atoms. The minimum atomic E-state index is 0.386. The number of benzene rings is 1. The molecule has 2 N–H and O–H groups in total. The second kappa shape index (κ2) is 9.95. The highest BCUT2D eigenvalue weighted by atomic mass is 16.5. The smallest absolute Gasteiger partial charge is 0.128 e. The van der Waals surface area contributed by atoms with Crippen LogP contribution in [0.4, 0.5) is 0 Å². The molecule has 1 aromatic carbocycles. The van der Waals surface area contributed by atoms with Gasteiger partial charge in [-0.05, 0) is 43.2 Å². The largest absolute Gasteiger partial charge is 0.457 e. The molecule has 0 saturated carbocycles. The van der Waals surface area contributed by atoms with Gasteiger partial charge in [0, 0.05) is 7.05 Å². The van der Waals surface area contributed by atoms with Crippen molar-refractivity contribution in [2.45, 2.75) is 13.3 Å². The van der Waals surface area contributed by atoms with Crippen LogP contribution >= 0.6 is 0 Å². The predicted octanol–water partition coefficient (Wildman–Crippen LogP) is 4.04. The molecule has 1 rings (SSSR count). The van der Waals surface area contributed by atoms with Crippen molar-refractivity contribution in [1.29, 1.82) is 0 Å². The quantitative estimate of drug-likeness (QED) is 0.341. The molecule has 0 atom stereocenters. The zero-order valence-electron chi connectivity index (χ0n) is 13.7. The fourth-order valence-electron chi connectivity index (χ4n) is 1.69. The van der Waals surface area contributed by atoms with Gasteiger partial charge in [0.25, 0.3) is 0 Å². The second-order valence-electron chi connectivity index (χ2n) is 4.87. The van der Waals surface area contributed by atoms with E-state index in [1.807, 2.05) is 49.4 Å². The zero-order valence-corrected chi connectivity index (χ0v) is 13.7. The first-order chi connectivity index (χ1) is 11.1. The van der Waals surface area contributed by atoms with E-state index in [1.165, 1.54) is 6.34 Å². The van der Waals surface area contributed by atoms with Crippen molar-refractivity contribution in [3.8, 4) is 5.75 Å². The number of ether oxygens (including phenoxy) is 1. The summed E-state index contributed by atoms with van der Waals surface area (Å²) < 4.78 is 5.73. The van der Waals surface area contributed by atoms with Crippen LogP contribution < -0.4 is 10.5 Å². The molecule has 0 aliphatic carbocycles. The van der Waals surface area contributed by atoms with Crippen LogP contribution in [0, 0.1) is 0 Å². The molecule has 0 unspecified atom stereocenters. The van der Waals surface area contributed by atoms with Crippen molar-refractivity contribution in [1.82, 2.24) is 0 Å². The standard InChI is InChI=1S/C19H23N3O/c1-5-17(23-18-9-7-6-8-10-18)12-11-15(2)13-16(3)19(20)22-14-21-4/h5-12,14H,1,3,13H2,2,4H3,(H2,20,21,22)/b15-11+,17-12+. The Morgan fingerprint density at radius 3 is 2.57 bits per heavy atom. The molecule has 4 heteroatoms. The van der Waals surface area contributed by atoms with Gasteiger partial charge in [0.2, 0.25) is 0 Å². The Hall–Kier alpha value is -2.88. The minimum absolute atomic E-state index is 0.386. The number of aliphatic imine (C=N–C) groups is 2. The number of nitrogens with two attached hydrogens (primary N) is 1. The lowest BCUT2D eigenvalue weighted by Gasteiger charge is -2.06. The third-order valence-electron chi connectivity index (χ3n) is 2.88. The average Bonchev–Trinajstić information content (AvgIpc) is 2.57. The highest BCUT2D eigenvalue weighted by molar-refractivity contribution is 6.00. The number of rotatable bonds is 8. The van der Waals surface area contributed by atoms with Crippen LogP contribution in [-0.4, -0.2) is 19.2 Å². The zero-order chi connectivity index (χ0) is 17.1. The lowest BCUT2D eigenvalue weighted by molar-refractivity contribution is 0.445. The Labute approximate surface area is 138 Å². The summed E-state index contributed by atoms with van der Waals surface area (Å²) in [4.78, 5) is 7.74. The number of amidine groups is 1. The predicted molar refractivity (Wildman–Crippen MR) is 98.9 cm³/mol. The molecule has 0 saturated heterocycles. The van der Waals surface area contributed by atoms with E-state index in [1.54, 1.807) is 13.1 Å². The van der Waals surface area contributed by atoms with Crippen molar-refractivity contribution in [2.75, 3.05) is 7.05 Å². The summed E-state index contributed by atoms with van der Waals surface area (Å²) in [6.07, 6.45) is 7.51. The van der Waals surface area contributed by atoms with Gasteiger partial charge in [-0.25, -0.2) is 4.99 Å². The van der Waals surface area contributed by atoms with Crippen molar-refractivity contribution in [2.24, 2.45) is 15.7 Å². The highest BCUT2D eigenvalue weighted by Crippen LogP contribution is 2.14. The first-order valence-electron chi connectivity index (χ1n) is 7.21. The lowest BCUT2D eigenvalue weighted by atomic mass is 10.1. The van der Waals surface area contributed by atoms with Crippen LogP contribution in [0.15, 0.2) is 88.6 Å². The minimum Gasteiger partial charge on any atom is -0.457 e. The molecule has 0 aliphatic heterocycles. The molecule has 0 spiro atoms. The van der Waals surface area contributed by atoms with Crippen LogP contribution in [0.1, 0.15) is 13.3 Å². The average molecular weight is 309 g/mol. The van der Waals surface area contributed by atoms with Gasteiger partial charge in [0.05, 0.1) is 0 Å². The van der Waals surface area contributed by atoms with Gasteiger partial charge in [-0.3, -0.25) is 4.99 Å². The van der Waals surface area contributed by atoms with Crippen molar-refractivity contribution >= 4 is 12.2 Å². The number of para-hydroxylation sites is 1. The Balaban J connectivity index is 2.72. The molecule has 0 aromatic heterocycles. The van der Waals surface area contributed by atoms with Crippen molar-refractivity contribution in [3.05, 3.63) is 78.6 Å². The van der Waals surface area contributed by atoms with Crippen molar-refractivity contribution in [3.63, 3.8) is 0 Å². The van der Waals surface area contributed by atoms with Gasteiger partial charge in [-0.2, -0.15) is 0 Å². The molecule has 0 radical (unpaired) electrons. The van der Waals surface area contributed by atoms with Gasteiger partial charge in [-0.15, -0.1) is 0 Å². The number of hydrogen-bond donors (Lipinski definition) is 1. The molecule has 0 fully saturated rings. The lowest BCUT2D eigenvalue weighted by Crippen LogP contribution is -2.14. The first kappa shape index (κ1) is 18.2. The van der Waals surface area contributed by atoms with E-state index in [0.717, 1.165) is 16.9 Å². The van der Waals surface area contributed by atoms with Gasteiger partial charge in [0.1, 0.15) is 23.7 Å². The summed E-state index contributed by atoms with van der Waals surface area (Å²) in [6.45, 7) is 9.69. The van der Waals surface area contributed by atoms with Crippen LogP contribution in [0.3, 0.4) is 0 Å². The van der Waals surface area contributed by atoms with E-state index in [2.05, 4.69) is 23.1 Å². The summed E-state index contributed by atoms with van der Waals surface area (Å²) in [7, 11) is 1.64. The molecule has 0 heterocycles. The Bertz CT molecular complexity index is 652. The second-order valence-corrected chi connectivity index (χ2v) is 4.87. The maximum absolute atomic E-state index is 5.81. The Kier molecular flexibility index (Phi) is 7.86. The number of hydrogen-bond acceptors (Lipinski definition) is 2. The van der Waals surface area contributed by atoms with Crippen molar-refractivity contribution < 1.29 is 4.74 Å². The fourth-order valence-corrected chi connectivity index (χ4v) is 1.69. The van der Waals surface area contributed by atoms with E-state index in [9.17, 15) is 0 Å². The number of nitrogens with zero attached hydrogens (tertiary/aromatic N) is 2. The molecule has 4 nitrogen and oxygen atoms in total. The molecule has 0 amide bonds. The van der Waals surface area contributed by atoms with E-state index < -0.39 is 0 Å². The van der Waals surface area contributed by atoms with Crippen LogP contribution in [0.5, 0.6) is 5.75 Å². The normalized spacial score (nSPS) is 13.2. The Morgan fingerprint density at radius 1 is 1.26 bits per heavy atom. The third-order valence-corrected chi connectivity index (χ3v) is 2.88. The third kappa shape index (κ3) is 7.09. The topological polar surface area (TPSA) is 60.0 Å². The summed E-state index contributed by atoms with van der Waals surface area (Å²) in [5, 5.41) is 0. The summed E-state index contributed by atoms with van der Waals surface area (Å²) >= 11 is 0. The van der Waals surface area contributed by atoms with E-state index in [0.29, 0.717) is 18.0 Å². The van der Waals surface area contributed by atoms with Gasteiger partial charge in [0.15, 0.2) is 0 Å². The summed E-state index contributed by atoms with van der Waals surface area (Å²) in [5.41, 5.74) is 7.64. The monoisotopic (exact) mass is 309 g/mol. The highest BCUT2D eigenvalue weighted by Gasteiger charge is 2.01. The molecule has 0 bridgehead atoms. The maximum atomic E-state index is 5.81. The van der Waals surface area contributed by atoms with Crippen LogP contribution in [-0.2, 0) is 0 Å². The molecule has 0 aliphatic rings. The molecular formula is C19H23N3O. The SMILES string of the molecule is C=C/C(=C\C=C(/C)CC(=C)C(N)=NC=NC)Oc1ccccc1. The van der Waals surface area contributed by atoms with E-state index in [4.69, 9.17) is 10.5 Å². The van der Waals surface area contributed by atoms with Crippen LogP contribution in [0.25, 0.3) is 0 Å². The fraction of sp³-hybridized carbons (Fsp3) is 0.158. The van der Waals surface area contributed by atoms with Gasteiger partial charge >= 0.3 is 0 Å². The molecule has 120 valence electrons. The number of allylic oxidation sites excluding steroid dienone is 4. The van der Waals surface area contributed by atoms with Gasteiger partial charge < -0.3 is 10.5 Å².